The molecule has 1 unspecified atom stereocenters. The van der Waals surface area contributed by atoms with E-state index in [-0.39, 0.29) is 22.8 Å². The van der Waals surface area contributed by atoms with Crippen LogP contribution >= 0.6 is 0 Å². The van der Waals surface area contributed by atoms with E-state index < -0.39 is 29.5 Å². The van der Waals surface area contributed by atoms with Gasteiger partial charge in [-0.3, -0.25) is 14.5 Å². The van der Waals surface area contributed by atoms with Crippen molar-refractivity contribution in [2.24, 2.45) is 0 Å². The van der Waals surface area contributed by atoms with E-state index in [1.807, 2.05) is 13.0 Å². The highest BCUT2D eigenvalue weighted by Gasteiger charge is 2.47. The fraction of sp³-hybridized carbons (Fsp3) is 0.154. The second-order valence-electron chi connectivity index (χ2n) is 8.12. The lowest BCUT2D eigenvalue weighted by atomic mass is 9.93. The summed E-state index contributed by atoms with van der Waals surface area (Å²) in [5, 5.41) is 20.9. The highest BCUT2D eigenvalue weighted by molar-refractivity contribution is 6.51. The second kappa shape index (κ2) is 8.37. The number of aliphatic hydroxyl groups excluding tert-OH is 1. The Bertz CT molecular complexity index is 1310. The van der Waals surface area contributed by atoms with E-state index in [1.165, 1.54) is 24.3 Å². The van der Waals surface area contributed by atoms with Gasteiger partial charge >= 0.3 is 6.18 Å². The summed E-state index contributed by atoms with van der Waals surface area (Å²) < 4.78 is 39.1. The minimum atomic E-state index is -4.56. The van der Waals surface area contributed by atoms with Gasteiger partial charge in [0.25, 0.3) is 11.7 Å². The van der Waals surface area contributed by atoms with Gasteiger partial charge in [0, 0.05) is 11.3 Å². The Kier molecular flexibility index (Phi) is 5.69. The molecule has 0 saturated carbocycles. The molecule has 0 aromatic heterocycles. The van der Waals surface area contributed by atoms with Crippen LogP contribution in [0.3, 0.4) is 0 Å². The first-order valence-electron chi connectivity index (χ1n) is 10.3. The van der Waals surface area contributed by atoms with Gasteiger partial charge in [-0.2, -0.15) is 13.2 Å². The van der Waals surface area contributed by atoms with Gasteiger partial charge in [0.2, 0.25) is 0 Å². The molecule has 0 spiro atoms. The molecule has 3 aromatic rings. The molecule has 0 aliphatic carbocycles. The van der Waals surface area contributed by atoms with Crippen molar-refractivity contribution in [3.63, 3.8) is 0 Å². The largest absolute Gasteiger partial charge is 0.508 e. The van der Waals surface area contributed by atoms with Crippen LogP contribution in [0.15, 0.2) is 72.3 Å². The summed E-state index contributed by atoms with van der Waals surface area (Å²) in [5.41, 5.74) is 1.23. The minimum absolute atomic E-state index is 0.0511. The molecule has 1 aliphatic heterocycles. The molecule has 174 valence electrons. The van der Waals surface area contributed by atoms with Gasteiger partial charge in [-0.15, -0.1) is 0 Å². The maximum Gasteiger partial charge on any atom is 0.416 e. The van der Waals surface area contributed by atoms with Crippen molar-refractivity contribution in [1.82, 2.24) is 0 Å². The minimum Gasteiger partial charge on any atom is -0.508 e. The number of benzene rings is 3. The van der Waals surface area contributed by atoms with E-state index in [9.17, 15) is 33.0 Å². The van der Waals surface area contributed by atoms with Crippen LogP contribution in [0.4, 0.5) is 18.9 Å². The number of hydrogen-bond acceptors (Lipinski definition) is 4. The molecule has 1 saturated heterocycles. The standard InChI is InChI=1S/C26H20F3NO4/c1-14-3-4-15(2)20(13-14)23(32)21-22(16-5-11-19(31)12-6-16)30(25(34)24(21)33)18-9-7-17(8-10-18)26(27,28)29/h3-13,22,31-32H,1-2H3/b23-21+. The first-order chi connectivity index (χ1) is 16.0. The number of phenols is 1. The molecule has 34 heavy (non-hydrogen) atoms. The molecule has 0 bridgehead atoms. The summed E-state index contributed by atoms with van der Waals surface area (Å²) >= 11 is 0. The third-order valence-corrected chi connectivity index (χ3v) is 5.77. The zero-order valence-corrected chi connectivity index (χ0v) is 18.2. The zero-order valence-electron chi connectivity index (χ0n) is 18.2. The fourth-order valence-corrected chi connectivity index (χ4v) is 4.02. The number of Topliss-reactive ketones (excluding diaryl/α,β-unsaturated/α-hetero) is 1. The van der Waals surface area contributed by atoms with Crippen LogP contribution in [0.1, 0.15) is 33.9 Å². The Labute approximate surface area is 193 Å². The van der Waals surface area contributed by atoms with Gasteiger partial charge in [0.1, 0.15) is 11.5 Å². The lowest BCUT2D eigenvalue weighted by molar-refractivity contribution is -0.137. The summed E-state index contributed by atoms with van der Waals surface area (Å²) in [7, 11) is 0. The second-order valence-corrected chi connectivity index (χ2v) is 8.12. The van der Waals surface area contributed by atoms with Gasteiger partial charge in [-0.1, -0.05) is 29.8 Å². The monoisotopic (exact) mass is 467 g/mol. The topological polar surface area (TPSA) is 77.8 Å². The maximum atomic E-state index is 13.1. The number of hydrogen-bond donors (Lipinski definition) is 2. The lowest BCUT2D eigenvalue weighted by Gasteiger charge is -2.26. The van der Waals surface area contributed by atoms with Crippen LogP contribution in [0.5, 0.6) is 5.75 Å². The Morgan fingerprint density at radius 1 is 0.912 bits per heavy atom. The van der Waals surface area contributed by atoms with E-state index in [0.29, 0.717) is 16.7 Å². The number of aromatic hydroxyl groups is 1. The number of carbonyl (C=O) groups excluding carboxylic acids is 2. The van der Waals surface area contributed by atoms with Gasteiger partial charge in [0.05, 0.1) is 17.2 Å². The third-order valence-electron chi connectivity index (χ3n) is 5.77. The number of rotatable bonds is 3. The fourth-order valence-electron chi connectivity index (χ4n) is 4.02. The molecular formula is C26H20F3NO4. The molecule has 2 N–H and O–H groups in total. The Hall–Kier alpha value is -4.07. The maximum absolute atomic E-state index is 13.1. The first kappa shape index (κ1) is 23.1. The molecule has 8 heteroatoms. The van der Waals surface area contributed by atoms with Gasteiger partial charge < -0.3 is 10.2 Å². The molecule has 1 atom stereocenters. The van der Waals surface area contributed by atoms with Crippen molar-refractivity contribution >= 4 is 23.1 Å². The number of halogens is 3. The number of anilines is 1. The molecule has 5 nitrogen and oxygen atoms in total. The lowest BCUT2D eigenvalue weighted by Crippen LogP contribution is -2.29. The number of ketones is 1. The Morgan fingerprint density at radius 2 is 1.53 bits per heavy atom. The predicted octanol–water partition coefficient (Wildman–Crippen LogP) is 5.65. The van der Waals surface area contributed by atoms with Crippen LogP contribution in [0.25, 0.3) is 5.76 Å². The van der Waals surface area contributed by atoms with E-state index in [1.54, 1.807) is 19.1 Å². The summed E-state index contributed by atoms with van der Waals surface area (Å²) in [6.45, 7) is 3.56. The quantitative estimate of drug-likeness (QED) is 0.296. The normalized spacial score (nSPS) is 17.9. The van der Waals surface area contributed by atoms with Crippen molar-refractivity contribution < 1.29 is 33.0 Å². The molecule has 1 heterocycles. The van der Waals surface area contributed by atoms with Crippen molar-refractivity contribution in [2.45, 2.75) is 26.1 Å². The van der Waals surface area contributed by atoms with Gasteiger partial charge in [0.15, 0.2) is 0 Å². The Balaban J connectivity index is 1.93. The van der Waals surface area contributed by atoms with E-state index in [0.717, 1.165) is 34.7 Å². The average Bonchev–Trinajstić information content (AvgIpc) is 3.05. The summed E-state index contributed by atoms with van der Waals surface area (Å²) in [4.78, 5) is 27.3. The third kappa shape index (κ3) is 4.03. The van der Waals surface area contributed by atoms with Gasteiger partial charge in [-0.05, 0) is 67.4 Å². The number of carbonyl (C=O) groups is 2. The number of amides is 1. The molecule has 0 radical (unpaired) electrons. The van der Waals surface area contributed by atoms with Crippen LogP contribution < -0.4 is 4.90 Å². The van der Waals surface area contributed by atoms with Crippen molar-refractivity contribution in [1.29, 1.82) is 0 Å². The van der Waals surface area contributed by atoms with E-state index in [2.05, 4.69) is 0 Å². The Morgan fingerprint density at radius 3 is 2.12 bits per heavy atom. The van der Waals surface area contributed by atoms with E-state index in [4.69, 9.17) is 0 Å². The van der Waals surface area contributed by atoms with Crippen LogP contribution in [-0.2, 0) is 15.8 Å². The zero-order chi connectivity index (χ0) is 24.8. The van der Waals surface area contributed by atoms with Crippen LogP contribution in [0.2, 0.25) is 0 Å². The highest BCUT2D eigenvalue weighted by atomic mass is 19.4. The molecule has 3 aromatic carbocycles. The van der Waals surface area contributed by atoms with Crippen LogP contribution in [0, 0.1) is 13.8 Å². The first-order valence-corrected chi connectivity index (χ1v) is 10.3. The summed E-state index contributed by atoms with van der Waals surface area (Å²) in [6, 6.07) is 13.7. The number of alkyl halides is 3. The molecule has 1 aliphatic rings. The number of nitrogens with zero attached hydrogens (tertiary/aromatic N) is 1. The van der Waals surface area contributed by atoms with Crippen LogP contribution in [-0.4, -0.2) is 21.9 Å². The predicted molar refractivity (Wildman–Crippen MR) is 120 cm³/mol. The van der Waals surface area contributed by atoms with E-state index >= 15 is 0 Å². The number of aliphatic hydroxyl groups is 1. The molecule has 1 amide bonds. The SMILES string of the molecule is Cc1ccc(C)c(/C(O)=C2\C(=O)C(=O)N(c3ccc(C(F)(F)F)cc3)C2c2ccc(O)cc2)c1. The van der Waals surface area contributed by atoms with Crippen molar-refractivity contribution in [3.8, 4) is 5.75 Å². The summed E-state index contributed by atoms with van der Waals surface area (Å²) in [6.07, 6.45) is -4.56. The molecule has 4 rings (SSSR count). The number of aryl methyl sites for hydroxylation is 2. The van der Waals surface area contributed by atoms with Crippen molar-refractivity contribution in [2.75, 3.05) is 4.90 Å². The van der Waals surface area contributed by atoms with Crippen molar-refractivity contribution in [3.05, 3.63) is 100 Å². The molecule has 1 fully saturated rings. The smallest absolute Gasteiger partial charge is 0.416 e. The molecular weight excluding hydrogens is 447 g/mol. The highest BCUT2D eigenvalue weighted by Crippen LogP contribution is 2.43. The van der Waals surface area contributed by atoms with Gasteiger partial charge in [-0.25, -0.2) is 0 Å². The summed E-state index contributed by atoms with van der Waals surface area (Å²) in [5.74, 6) is -2.38. The number of phenolic OH excluding ortho intramolecular Hbond substituents is 1. The average molecular weight is 467 g/mol.